The van der Waals surface area contributed by atoms with Gasteiger partial charge in [0.25, 0.3) is 0 Å². The van der Waals surface area contributed by atoms with Crippen LogP contribution in [0.3, 0.4) is 0 Å². The molecule has 116 valence electrons. The molecule has 0 unspecified atom stereocenters. The van der Waals surface area contributed by atoms with Gasteiger partial charge in [-0.15, -0.1) is 0 Å². The lowest BCUT2D eigenvalue weighted by atomic mass is 10.2. The van der Waals surface area contributed by atoms with Crippen LogP contribution in [-0.2, 0) is 4.74 Å². The van der Waals surface area contributed by atoms with Crippen molar-refractivity contribution in [3.63, 3.8) is 0 Å². The van der Waals surface area contributed by atoms with Crippen molar-refractivity contribution < 1.29 is 28.2 Å². The van der Waals surface area contributed by atoms with Gasteiger partial charge in [0, 0.05) is 5.56 Å². The van der Waals surface area contributed by atoms with Crippen LogP contribution in [-0.4, -0.2) is 26.2 Å². The van der Waals surface area contributed by atoms with Gasteiger partial charge in [0.2, 0.25) is 5.76 Å². The first-order valence-corrected chi connectivity index (χ1v) is 7.00. The van der Waals surface area contributed by atoms with Crippen molar-refractivity contribution in [2.24, 2.45) is 0 Å². The first kappa shape index (κ1) is 16.1. The topological polar surface area (TPSA) is 75.0 Å². The van der Waals surface area contributed by atoms with Gasteiger partial charge in [-0.1, -0.05) is 0 Å². The van der Waals surface area contributed by atoms with Crippen molar-refractivity contribution in [1.29, 1.82) is 0 Å². The van der Waals surface area contributed by atoms with Crippen LogP contribution in [0, 0.1) is 6.92 Å². The molecule has 0 bridgehead atoms. The number of esters is 2. The number of carbonyl (C=O) groups is 2. The number of hydrogen-bond acceptors (Lipinski definition) is 6. The fourth-order valence-corrected chi connectivity index (χ4v) is 2.29. The van der Waals surface area contributed by atoms with E-state index in [1.807, 2.05) is 0 Å². The van der Waals surface area contributed by atoms with E-state index in [0.29, 0.717) is 10.2 Å². The van der Waals surface area contributed by atoms with Crippen LogP contribution < -0.4 is 9.47 Å². The minimum absolute atomic E-state index is 0.0889. The van der Waals surface area contributed by atoms with Crippen LogP contribution in [0.15, 0.2) is 33.4 Å². The summed E-state index contributed by atoms with van der Waals surface area (Å²) in [7, 11) is 2.68. The molecule has 0 aliphatic heterocycles. The molecule has 0 saturated heterocycles. The lowest BCUT2D eigenvalue weighted by Gasteiger charge is -2.09. The minimum atomic E-state index is -0.660. The zero-order valence-corrected chi connectivity index (χ0v) is 13.7. The normalized spacial score (nSPS) is 10.2. The van der Waals surface area contributed by atoms with E-state index in [2.05, 4.69) is 20.7 Å². The Morgan fingerprint density at radius 2 is 1.82 bits per heavy atom. The molecule has 0 atom stereocenters. The summed E-state index contributed by atoms with van der Waals surface area (Å²) in [6.45, 7) is 1.72. The van der Waals surface area contributed by atoms with Gasteiger partial charge in [-0.25, -0.2) is 9.59 Å². The van der Waals surface area contributed by atoms with E-state index in [1.165, 1.54) is 32.4 Å². The number of rotatable bonds is 4. The largest absolute Gasteiger partial charge is 0.493 e. The second-order valence-corrected chi connectivity index (χ2v) is 5.09. The zero-order chi connectivity index (χ0) is 16.3. The Bertz CT molecular complexity index is 719. The summed E-state index contributed by atoms with van der Waals surface area (Å²) in [6, 6.07) is 6.02. The molecule has 0 fully saturated rings. The zero-order valence-electron chi connectivity index (χ0n) is 12.1. The van der Waals surface area contributed by atoms with Crippen molar-refractivity contribution in [3.05, 3.63) is 45.8 Å². The number of halogens is 1. The van der Waals surface area contributed by atoms with Crippen molar-refractivity contribution >= 4 is 27.9 Å². The van der Waals surface area contributed by atoms with Crippen LogP contribution in [0.4, 0.5) is 0 Å². The SMILES string of the molecule is COC(=O)c1ccc(OC(=O)c2oc(Br)cc2C)c(OC)c1. The number of benzene rings is 1. The molecule has 0 amide bonds. The van der Waals surface area contributed by atoms with E-state index in [1.54, 1.807) is 13.0 Å². The highest BCUT2D eigenvalue weighted by Crippen LogP contribution is 2.30. The maximum Gasteiger partial charge on any atom is 0.380 e. The maximum atomic E-state index is 12.1. The molecule has 0 N–H and O–H groups in total. The highest BCUT2D eigenvalue weighted by Gasteiger charge is 2.20. The molecule has 0 spiro atoms. The van der Waals surface area contributed by atoms with Gasteiger partial charge < -0.3 is 18.6 Å². The summed E-state index contributed by atoms with van der Waals surface area (Å²) in [5.41, 5.74) is 0.929. The van der Waals surface area contributed by atoms with Crippen LogP contribution in [0.2, 0.25) is 0 Å². The Morgan fingerprint density at radius 3 is 2.36 bits per heavy atom. The molecule has 0 saturated carbocycles. The van der Waals surface area contributed by atoms with Crippen LogP contribution in [0.25, 0.3) is 0 Å². The third-order valence-corrected chi connectivity index (χ3v) is 3.25. The van der Waals surface area contributed by atoms with Crippen molar-refractivity contribution in [1.82, 2.24) is 0 Å². The van der Waals surface area contributed by atoms with E-state index in [4.69, 9.17) is 13.9 Å². The van der Waals surface area contributed by atoms with E-state index < -0.39 is 11.9 Å². The van der Waals surface area contributed by atoms with E-state index in [0.717, 1.165) is 0 Å². The number of ether oxygens (including phenoxy) is 3. The average molecular weight is 369 g/mol. The fourth-order valence-electron chi connectivity index (χ4n) is 1.79. The van der Waals surface area contributed by atoms with Crippen LogP contribution in [0.5, 0.6) is 11.5 Å². The summed E-state index contributed by atoms with van der Waals surface area (Å²) >= 11 is 3.15. The highest BCUT2D eigenvalue weighted by atomic mass is 79.9. The fraction of sp³-hybridized carbons (Fsp3) is 0.200. The summed E-state index contributed by atoms with van der Waals surface area (Å²) in [6.07, 6.45) is 0. The minimum Gasteiger partial charge on any atom is -0.493 e. The van der Waals surface area contributed by atoms with Crippen LogP contribution >= 0.6 is 15.9 Å². The number of furan rings is 1. The molecule has 0 radical (unpaired) electrons. The molecular formula is C15H13BrO6. The van der Waals surface area contributed by atoms with Gasteiger partial charge in [-0.3, -0.25) is 0 Å². The Morgan fingerprint density at radius 1 is 1.09 bits per heavy atom. The summed E-state index contributed by atoms with van der Waals surface area (Å²) in [4.78, 5) is 23.6. The quantitative estimate of drug-likeness (QED) is 0.608. The average Bonchev–Trinajstić information content (AvgIpc) is 2.85. The molecule has 0 aliphatic rings. The smallest absolute Gasteiger partial charge is 0.380 e. The Hall–Kier alpha value is -2.28. The van der Waals surface area contributed by atoms with Gasteiger partial charge in [-0.2, -0.15) is 0 Å². The summed E-state index contributed by atoms with van der Waals surface area (Å²) in [5, 5.41) is 0. The highest BCUT2D eigenvalue weighted by molar-refractivity contribution is 9.10. The molecular weight excluding hydrogens is 356 g/mol. The standard InChI is InChI=1S/C15H13BrO6/c1-8-6-12(16)22-13(8)15(18)21-10-5-4-9(14(17)20-3)7-11(10)19-2/h4-7H,1-3H3. The molecule has 7 heteroatoms. The second-order valence-electron chi connectivity index (χ2n) is 4.31. The molecule has 2 aromatic rings. The van der Waals surface area contributed by atoms with Gasteiger partial charge in [0.05, 0.1) is 19.8 Å². The first-order valence-electron chi connectivity index (χ1n) is 6.20. The predicted molar refractivity (Wildman–Crippen MR) is 80.4 cm³/mol. The lowest BCUT2D eigenvalue weighted by Crippen LogP contribution is -2.10. The molecule has 1 aromatic heterocycles. The second kappa shape index (κ2) is 6.65. The Labute approximate surface area is 135 Å². The molecule has 0 aliphatic carbocycles. The monoisotopic (exact) mass is 368 g/mol. The van der Waals surface area contributed by atoms with Crippen molar-refractivity contribution in [3.8, 4) is 11.5 Å². The molecule has 1 heterocycles. The first-order chi connectivity index (χ1) is 10.5. The summed E-state index contributed by atoms with van der Waals surface area (Å²) in [5.74, 6) is -0.674. The van der Waals surface area contributed by atoms with Gasteiger partial charge in [0.1, 0.15) is 0 Å². The molecule has 22 heavy (non-hydrogen) atoms. The number of carbonyl (C=O) groups excluding carboxylic acids is 2. The molecule has 2 rings (SSSR count). The number of hydrogen-bond donors (Lipinski definition) is 0. The van der Waals surface area contributed by atoms with Gasteiger partial charge in [-0.05, 0) is 47.1 Å². The van der Waals surface area contributed by atoms with Gasteiger partial charge >= 0.3 is 11.9 Å². The van der Waals surface area contributed by atoms with E-state index >= 15 is 0 Å². The van der Waals surface area contributed by atoms with Crippen molar-refractivity contribution in [2.75, 3.05) is 14.2 Å². The molecule has 1 aromatic carbocycles. The van der Waals surface area contributed by atoms with Gasteiger partial charge in [0.15, 0.2) is 16.2 Å². The van der Waals surface area contributed by atoms with Crippen LogP contribution in [0.1, 0.15) is 26.5 Å². The van der Waals surface area contributed by atoms with Crippen molar-refractivity contribution in [2.45, 2.75) is 6.92 Å². The number of methoxy groups -OCH3 is 2. The third-order valence-electron chi connectivity index (χ3n) is 2.86. The van der Waals surface area contributed by atoms with E-state index in [-0.39, 0.29) is 22.8 Å². The predicted octanol–water partition coefficient (Wildman–Crippen LogP) is 3.36. The summed E-state index contributed by atoms with van der Waals surface area (Å²) < 4.78 is 20.7. The van der Waals surface area contributed by atoms with E-state index in [9.17, 15) is 9.59 Å². The number of aryl methyl sites for hydroxylation is 1. The molecule has 6 nitrogen and oxygen atoms in total. The third kappa shape index (κ3) is 3.30. The Kier molecular flexibility index (Phi) is 4.87. The lowest BCUT2D eigenvalue weighted by molar-refractivity contribution is 0.0600. The Balaban J connectivity index is 2.27. The maximum absolute atomic E-state index is 12.1.